The van der Waals surface area contributed by atoms with E-state index in [1.54, 1.807) is 0 Å². The van der Waals surface area contributed by atoms with Gasteiger partial charge >= 0.3 is 68.5 Å². The fourth-order valence-electron chi connectivity index (χ4n) is 4.04. The number of nitrogens with zero attached hydrogens (tertiary/aromatic N) is 1. The Hall–Kier alpha value is -2.31. The Balaban J connectivity index is -0.000000314. The number of benzene rings is 1. The second kappa shape index (κ2) is 24.7. The van der Waals surface area contributed by atoms with Crippen LogP contribution in [-0.4, -0.2) is 47.1 Å². The van der Waals surface area contributed by atoms with Crippen LogP contribution in [0.3, 0.4) is 0 Å². The van der Waals surface area contributed by atoms with Gasteiger partial charge in [-0.2, -0.15) is 0 Å². The van der Waals surface area contributed by atoms with Gasteiger partial charge in [0.05, 0.1) is 36.1 Å². The number of ether oxygens (including phenoxy) is 2. The minimum Gasteiger partial charge on any atom is 0 e. The quantitative estimate of drug-likeness (QED) is 0.166. The van der Waals surface area contributed by atoms with Crippen LogP contribution in [0.4, 0.5) is 0 Å². The fourth-order valence-corrected chi connectivity index (χ4v) is 23.0. The van der Waals surface area contributed by atoms with Crippen LogP contribution in [0, 0.1) is 33.3 Å². The van der Waals surface area contributed by atoms with E-state index in [0.717, 1.165) is 5.56 Å². The van der Waals surface area contributed by atoms with Crippen molar-refractivity contribution in [2.45, 2.75) is 44.2 Å². The van der Waals surface area contributed by atoms with Gasteiger partial charge in [-0.3, -0.25) is 0 Å². The molecule has 0 N–H and O–H groups in total. The van der Waals surface area contributed by atoms with E-state index in [0.29, 0.717) is 15.9 Å². The number of carbonyl (C=O) groups excluding carboxylic acids is 2. The van der Waals surface area contributed by atoms with E-state index < -0.39 is 35.8 Å². The summed E-state index contributed by atoms with van der Waals surface area (Å²) >= 11 is 0. The Kier molecular flexibility index (Phi) is 29.5. The standard InChI is InChI=1S/C20H30NO4PSi2.5CO.W/c1-24-18(22)15-16(14-12-10-9-11-13-14)21-26(17(15)19(23)25-2)20(27(3,4)5)28(6,7)8;5*1-2;/h9-13,20H,1-8H3;;;;;;. The predicted molar refractivity (Wildman–Crippen MR) is 140 cm³/mol. The van der Waals surface area contributed by atoms with Crippen molar-refractivity contribution in [1.29, 1.82) is 0 Å². The summed E-state index contributed by atoms with van der Waals surface area (Å²) in [5.41, 5.74) is 1.65. The summed E-state index contributed by atoms with van der Waals surface area (Å²) in [6.45, 7) is 36.4. The molecule has 0 bridgehead atoms. The molecule has 1 atom stereocenters. The molecule has 0 aliphatic heterocycles. The van der Waals surface area contributed by atoms with Crippen LogP contribution < -0.4 is 0 Å². The molecule has 0 aliphatic rings. The first-order valence-corrected chi connectivity index (χ1v) is 18.8. The van der Waals surface area contributed by atoms with E-state index in [-0.39, 0.29) is 26.6 Å². The van der Waals surface area contributed by atoms with Gasteiger partial charge in [-0.25, -0.2) is 14.3 Å². The third-order valence-corrected chi connectivity index (χ3v) is 21.0. The van der Waals surface area contributed by atoms with E-state index in [1.807, 2.05) is 30.3 Å². The maximum atomic E-state index is 12.9. The van der Waals surface area contributed by atoms with Gasteiger partial charge in [0, 0.05) is 31.5 Å². The van der Waals surface area contributed by atoms with Gasteiger partial charge in [0.2, 0.25) is 0 Å². The van der Waals surface area contributed by atoms with Gasteiger partial charge in [0.25, 0.3) is 0 Å². The van der Waals surface area contributed by atoms with E-state index in [4.69, 9.17) is 37.5 Å². The number of hydrogen-bond donors (Lipinski definition) is 0. The molecular weight excluding hydrogens is 729 g/mol. The predicted octanol–water partition coefficient (Wildman–Crippen LogP) is 5.41. The Morgan fingerprint density at radius 3 is 1.41 bits per heavy atom. The zero-order valence-corrected chi connectivity index (χ0v) is 28.8. The van der Waals surface area contributed by atoms with Crippen molar-refractivity contribution in [2.24, 2.45) is 0 Å². The first-order valence-electron chi connectivity index (χ1n) is 10.3. The van der Waals surface area contributed by atoms with Crippen molar-refractivity contribution < 1.29 is 63.4 Å². The number of carbonyl (C=O) groups is 2. The van der Waals surface area contributed by atoms with Gasteiger partial charge in [-0.15, -0.1) is 0 Å². The zero-order valence-electron chi connectivity index (χ0n) is 22.9. The van der Waals surface area contributed by atoms with Crippen molar-refractivity contribution in [3.63, 3.8) is 0 Å². The zero-order chi connectivity index (χ0) is 31.3. The second-order valence-electron chi connectivity index (χ2n) is 9.00. The maximum absolute atomic E-state index is 12.9. The van der Waals surface area contributed by atoms with Gasteiger partial charge in [0.15, 0.2) is 0 Å². The van der Waals surface area contributed by atoms with Crippen LogP contribution in [0.5, 0.6) is 0 Å². The molecule has 10 nitrogen and oxygen atoms in total. The topological polar surface area (TPSA) is 165 Å². The molecule has 1 aromatic carbocycles. The molecule has 0 amide bonds. The third-order valence-electron chi connectivity index (χ3n) is 4.61. The minimum atomic E-state index is -1.70. The van der Waals surface area contributed by atoms with E-state index in [1.165, 1.54) is 14.2 Å². The molecule has 14 heteroatoms. The van der Waals surface area contributed by atoms with E-state index in [9.17, 15) is 9.59 Å². The summed E-state index contributed by atoms with van der Waals surface area (Å²) in [5, 5.41) is 0.415. The van der Waals surface area contributed by atoms with Crippen LogP contribution in [0.1, 0.15) is 25.4 Å². The second-order valence-corrected chi connectivity index (χ2v) is 23.0. The van der Waals surface area contributed by atoms with Gasteiger partial charge in [-0.05, 0) is 7.69 Å². The largest absolute Gasteiger partial charge is 0 e. The molecular formula is C25H30NO9PSi2W. The molecule has 39 heavy (non-hydrogen) atoms. The van der Waals surface area contributed by atoms with Crippen molar-refractivity contribution in [1.82, 2.24) is 4.75 Å². The summed E-state index contributed by atoms with van der Waals surface area (Å²) in [5.74, 6) is -0.999. The van der Waals surface area contributed by atoms with Crippen molar-refractivity contribution >= 4 is 35.8 Å². The summed E-state index contributed by atoms with van der Waals surface area (Å²) in [7, 11) is -1.93. The van der Waals surface area contributed by atoms with Crippen LogP contribution >= 0.6 is 7.69 Å². The van der Waals surface area contributed by atoms with Crippen LogP contribution in [-0.2, 0) is 53.8 Å². The molecule has 2 rings (SSSR count). The number of aromatic nitrogens is 1. The first-order chi connectivity index (χ1) is 17.9. The number of esters is 2. The molecule has 1 heterocycles. The summed E-state index contributed by atoms with van der Waals surface area (Å²) in [6, 6.07) is 9.54. The molecule has 0 saturated carbocycles. The van der Waals surface area contributed by atoms with Crippen LogP contribution in [0.25, 0.3) is 11.3 Å². The van der Waals surface area contributed by atoms with Gasteiger partial charge in [-0.1, -0.05) is 69.6 Å². The third kappa shape index (κ3) is 14.1. The Morgan fingerprint density at radius 1 is 0.744 bits per heavy atom. The number of rotatable bonds is 6. The molecule has 1 aromatic heterocycles. The summed E-state index contributed by atoms with van der Waals surface area (Å²) < 4.78 is 52.7. The van der Waals surface area contributed by atoms with Gasteiger partial charge < -0.3 is 9.47 Å². The number of methoxy groups -OCH3 is 2. The van der Waals surface area contributed by atoms with Crippen molar-refractivity contribution in [3.8, 4) is 11.3 Å². The maximum Gasteiger partial charge on any atom is 0 e. The SMILES string of the molecule is COC(=O)c1c(-c2ccccc2)np(C([Si](C)(C)C)[Si](C)(C)C)c1C(=O)OC.[C-]#[O+].[C-]#[O+].[C-]#[O+].[C-]#[O+].[C-]#[O+].[W]. The van der Waals surface area contributed by atoms with E-state index in [2.05, 4.69) is 72.5 Å². The molecule has 208 valence electrons. The molecule has 0 radical (unpaired) electrons. The van der Waals surface area contributed by atoms with E-state index >= 15 is 0 Å². The molecule has 0 spiro atoms. The molecule has 0 aliphatic carbocycles. The fraction of sp³-hybridized carbons (Fsp3) is 0.360. The molecule has 1 unspecified atom stereocenters. The molecule has 0 fully saturated rings. The average molecular weight is 759 g/mol. The van der Waals surface area contributed by atoms with Crippen LogP contribution in [0.15, 0.2) is 30.3 Å². The Morgan fingerprint density at radius 2 is 1.10 bits per heavy atom. The van der Waals surface area contributed by atoms with Crippen LogP contribution in [0.2, 0.25) is 39.3 Å². The monoisotopic (exact) mass is 759 g/mol. The van der Waals surface area contributed by atoms with Crippen molar-refractivity contribution in [3.05, 3.63) is 74.4 Å². The number of hydrogen-bond acceptors (Lipinski definition) is 5. The molecule has 0 saturated heterocycles. The summed E-state index contributed by atoms with van der Waals surface area (Å²) in [4.78, 5) is 26.0. The van der Waals surface area contributed by atoms with Crippen molar-refractivity contribution in [2.75, 3.05) is 14.2 Å². The smallest absolute Gasteiger partial charge is 0 e. The van der Waals surface area contributed by atoms with Gasteiger partial charge in [0.1, 0.15) is 10.9 Å². The molecule has 2 aromatic rings. The minimum absolute atomic E-state index is 0. The summed E-state index contributed by atoms with van der Waals surface area (Å²) in [6.07, 6.45) is 0. The Labute approximate surface area is 247 Å². The normalized spacial score (nSPS) is 9.46. The average Bonchev–Trinajstić information content (AvgIpc) is 3.31. The first kappa shape index (κ1) is 46.5. The Bertz CT molecular complexity index is 1050.